The predicted molar refractivity (Wildman–Crippen MR) is 105 cm³/mol. The van der Waals surface area contributed by atoms with Crippen LogP contribution < -0.4 is 5.56 Å². The van der Waals surface area contributed by atoms with Gasteiger partial charge in [0.2, 0.25) is 0 Å². The minimum absolute atomic E-state index is 0.0664. The average Bonchev–Trinajstić information content (AvgIpc) is 2.89. The van der Waals surface area contributed by atoms with Gasteiger partial charge in [-0.05, 0) is 57.5 Å². The number of thiophene rings is 1. The molecule has 136 valence electrons. The van der Waals surface area contributed by atoms with Crippen molar-refractivity contribution in [2.24, 2.45) is 0 Å². The van der Waals surface area contributed by atoms with Gasteiger partial charge in [-0.15, -0.1) is 11.3 Å². The topological polar surface area (TPSA) is 52.0 Å². The lowest BCUT2D eigenvalue weighted by Crippen LogP contribution is -2.24. The van der Waals surface area contributed by atoms with E-state index >= 15 is 0 Å². The van der Waals surface area contributed by atoms with Crippen LogP contribution in [-0.2, 0) is 6.54 Å². The van der Waals surface area contributed by atoms with Crippen molar-refractivity contribution in [3.05, 3.63) is 56.4 Å². The molecule has 0 saturated heterocycles. The van der Waals surface area contributed by atoms with Gasteiger partial charge in [0.05, 0.1) is 10.6 Å². The van der Waals surface area contributed by atoms with E-state index in [4.69, 9.17) is 0 Å². The fourth-order valence-corrected chi connectivity index (χ4v) is 4.86. The van der Waals surface area contributed by atoms with Gasteiger partial charge in [0.25, 0.3) is 5.56 Å². The van der Waals surface area contributed by atoms with Crippen molar-refractivity contribution in [2.45, 2.75) is 44.6 Å². The van der Waals surface area contributed by atoms with Crippen molar-refractivity contribution in [3.63, 3.8) is 0 Å². The Hall–Kier alpha value is -1.99. The van der Waals surface area contributed by atoms with Gasteiger partial charge in [-0.2, -0.15) is 0 Å². The molecule has 7 heteroatoms. The first-order valence-corrected chi connectivity index (χ1v) is 10.00. The van der Waals surface area contributed by atoms with Crippen LogP contribution in [0.1, 0.15) is 34.6 Å². The molecule has 0 N–H and O–H groups in total. The van der Waals surface area contributed by atoms with E-state index < -0.39 is 5.25 Å². The number of fused-ring (bicyclic) bond motifs is 1. The van der Waals surface area contributed by atoms with E-state index in [-0.39, 0.29) is 17.2 Å². The number of hydrogen-bond acceptors (Lipinski definition) is 5. The molecule has 0 aliphatic heterocycles. The highest BCUT2D eigenvalue weighted by molar-refractivity contribution is 8.00. The maximum absolute atomic E-state index is 13.1. The Morgan fingerprint density at radius 2 is 1.96 bits per heavy atom. The smallest absolute Gasteiger partial charge is 0.263 e. The molecule has 3 aromatic rings. The Bertz CT molecular complexity index is 1040. The lowest BCUT2D eigenvalue weighted by molar-refractivity contribution is 0.0994. The minimum Gasteiger partial charge on any atom is -0.293 e. The summed E-state index contributed by atoms with van der Waals surface area (Å²) in [6.07, 6.45) is 0. The summed E-state index contributed by atoms with van der Waals surface area (Å²) in [6.45, 7) is 8.06. The zero-order chi connectivity index (χ0) is 19.0. The molecule has 1 unspecified atom stereocenters. The highest BCUT2D eigenvalue weighted by Crippen LogP contribution is 2.30. The van der Waals surface area contributed by atoms with Crippen LogP contribution in [0.15, 0.2) is 34.2 Å². The standard InChI is InChI=1S/C19H19FN2O2S2/c1-5-22-18(24)15-10(2)11(3)25-17(15)21-19(22)26-12(4)16(23)13-6-8-14(20)9-7-13/h6-9,12H,5H2,1-4H3. The largest absolute Gasteiger partial charge is 0.293 e. The molecule has 0 bridgehead atoms. The van der Waals surface area contributed by atoms with Crippen molar-refractivity contribution in [1.82, 2.24) is 9.55 Å². The number of Topliss-reactive ketones (excluding diaryl/α,β-unsaturated/α-hetero) is 1. The van der Waals surface area contributed by atoms with E-state index in [1.165, 1.54) is 47.4 Å². The Morgan fingerprint density at radius 3 is 2.58 bits per heavy atom. The summed E-state index contributed by atoms with van der Waals surface area (Å²) in [5.41, 5.74) is 1.35. The number of nitrogens with zero attached hydrogens (tertiary/aromatic N) is 2. The first-order valence-electron chi connectivity index (χ1n) is 8.30. The Labute approximate surface area is 159 Å². The fraction of sp³-hybridized carbons (Fsp3) is 0.316. The van der Waals surface area contributed by atoms with Crippen molar-refractivity contribution in [1.29, 1.82) is 0 Å². The van der Waals surface area contributed by atoms with Crippen LogP contribution in [0.3, 0.4) is 0 Å². The van der Waals surface area contributed by atoms with Gasteiger partial charge in [0.15, 0.2) is 10.9 Å². The summed E-state index contributed by atoms with van der Waals surface area (Å²) in [5, 5.41) is 0.759. The van der Waals surface area contributed by atoms with Gasteiger partial charge in [0, 0.05) is 17.0 Å². The number of aromatic nitrogens is 2. The Kier molecular flexibility index (Phi) is 5.29. The highest BCUT2D eigenvalue weighted by Gasteiger charge is 2.21. The molecular weight excluding hydrogens is 371 g/mol. The van der Waals surface area contributed by atoms with Crippen molar-refractivity contribution < 1.29 is 9.18 Å². The molecule has 0 saturated carbocycles. The maximum Gasteiger partial charge on any atom is 0.263 e. The number of carbonyl (C=O) groups excluding carboxylic acids is 1. The van der Waals surface area contributed by atoms with Crippen molar-refractivity contribution >= 4 is 39.1 Å². The number of ketones is 1. The van der Waals surface area contributed by atoms with Crippen LogP contribution >= 0.6 is 23.1 Å². The number of thioether (sulfide) groups is 1. The SMILES string of the molecule is CCn1c(SC(C)C(=O)c2ccc(F)cc2)nc2sc(C)c(C)c2c1=O. The lowest BCUT2D eigenvalue weighted by Gasteiger charge is -2.14. The summed E-state index contributed by atoms with van der Waals surface area (Å²) in [4.78, 5) is 31.9. The second-order valence-corrected chi connectivity index (χ2v) is 8.55. The predicted octanol–water partition coefficient (Wildman–Crippen LogP) is 4.60. The first-order chi connectivity index (χ1) is 12.3. The summed E-state index contributed by atoms with van der Waals surface area (Å²) in [7, 11) is 0. The van der Waals surface area contributed by atoms with E-state index in [0.29, 0.717) is 27.5 Å². The Balaban J connectivity index is 1.98. The van der Waals surface area contributed by atoms with Crippen LogP contribution in [0, 0.1) is 19.7 Å². The molecule has 0 spiro atoms. The maximum atomic E-state index is 13.1. The number of carbonyl (C=O) groups is 1. The van der Waals surface area contributed by atoms with Gasteiger partial charge in [0.1, 0.15) is 10.6 Å². The third kappa shape index (κ3) is 3.33. The molecule has 0 aliphatic rings. The van der Waals surface area contributed by atoms with Gasteiger partial charge in [-0.1, -0.05) is 11.8 Å². The van der Waals surface area contributed by atoms with Crippen LogP contribution in [0.5, 0.6) is 0 Å². The summed E-state index contributed by atoms with van der Waals surface area (Å²) < 4.78 is 14.7. The second kappa shape index (κ2) is 7.32. The van der Waals surface area contributed by atoms with Crippen LogP contribution in [-0.4, -0.2) is 20.6 Å². The molecule has 3 rings (SSSR count). The molecule has 0 radical (unpaired) electrons. The molecule has 1 aromatic carbocycles. The van der Waals surface area contributed by atoms with Crippen LogP contribution in [0.4, 0.5) is 4.39 Å². The average molecular weight is 391 g/mol. The van der Waals surface area contributed by atoms with Gasteiger partial charge < -0.3 is 0 Å². The first kappa shape index (κ1) is 18.8. The van der Waals surface area contributed by atoms with Crippen molar-refractivity contribution in [2.75, 3.05) is 0 Å². The molecular formula is C19H19FN2O2S2. The van der Waals surface area contributed by atoms with E-state index in [1.54, 1.807) is 11.5 Å². The van der Waals surface area contributed by atoms with E-state index in [1.807, 2.05) is 20.8 Å². The van der Waals surface area contributed by atoms with E-state index in [0.717, 1.165) is 10.4 Å². The van der Waals surface area contributed by atoms with Crippen molar-refractivity contribution in [3.8, 4) is 0 Å². The zero-order valence-corrected chi connectivity index (χ0v) is 16.6. The third-order valence-electron chi connectivity index (χ3n) is 4.35. The third-order valence-corrected chi connectivity index (χ3v) is 6.54. The second-order valence-electron chi connectivity index (χ2n) is 6.04. The minimum atomic E-state index is -0.440. The Morgan fingerprint density at radius 1 is 1.31 bits per heavy atom. The summed E-state index contributed by atoms with van der Waals surface area (Å²) in [5.74, 6) is -0.497. The molecule has 26 heavy (non-hydrogen) atoms. The molecule has 2 aromatic heterocycles. The lowest BCUT2D eigenvalue weighted by atomic mass is 10.1. The monoisotopic (exact) mass is 390 g/mol. The quantitative estimate of drug-likeness (QED) is 0.363. The summed E-state index contributed by atoms with van der Waals surface area (Å²) in [6, 6.07) is 5.50. The van der Waals surface area contributed by atoms with Gasteiger partial charge in [-0.3, -0.25) is 14.2 Å². The van der Waals surface area contributed by atoms with Gasteiger partial charge in [-0.25, -0.2) is 9.37 Å². The van der Waals surface area contributed by atoms with Crippen LogP contribution in [0.2, 0.25) is 0 Å². The molecule has 4 nitrogen and oxygen atoms in total. The van der Waals surface area contributed by atoms with E-state index in [2.05, 4.69) is 4.98 Å². The number of hydrogen-bond donors (Lipinski definition) is 0. The van der Waals surface area contributed by atoms with Gasteiger partial charge >= 0.3 is 0 Å². The number of aryl methyl sites for hydroxylation is 2. The zero-order valence-electron chi connectivity index (χ0n) is 15.0. The highest BCUT2D eigenvalue weighted by atomic mass is 32.2. The van der Waals surface area contributed by atoms with Crippen LogP contribution in [0.25, 0.3) is 10.2 Å². The molecule has 0 fully saturated rings. The number of rotatable bonds is 5. The molecule has 1 atom stereocenters. The molecule has 0 aliphatic carbocycles. The number of benzene rings is 1. The fourth-order valence-electron chi connectivity index (χ4n) is 2.74. The number of halogens is 1. The van der Waals surface area contributed by atoms with E-state index in [9.17, 15) is 14.0 Å². The normalized spacial score (nSPS) is 12.5. The molecule has 0 amide bonds. The molecule has 2 heterocycles. The summed E-state index contributed by atoms with van der Waals surface area (Å²) >= 11 is 2.76.